The molecule has 30 heavy (non-hydrogen) atoms. The van der Waals surface area contributed by atoms with Gasteiger partial charge >= 0.3 is 0 Å². The van der Waals surface area contributed by atoms with E-state index >= 15 is 0 Å². The number of hydrogen-bond donors (Lipinski definition) is 2. The van der Waals surface area contributed by atoms with Crippen LogP contribution in [0.25, 0.3) is 0 Å². The Morgan fingerprint density at radius 2 is 1.57 bits per heavy atom. The molecule has 1 heterocycles. The topological polar surface area (TPSA) is 76.7 Å². The van der Waals surface area contributed by atoms with Crippen LogP contribution < -0.4 is 20.1 Å². The fraction of sp³-hybridized carbons (Fsp3) is 0.167. The summed E-state index contributed by atoms with van der Waals surface area (Å²) in [6.45, 7) is 0.607. The van der Waals surface area contributed by atoms with E-state index in [-0.39, 0.29) is 18.4 Å². The van der Waals surface area contributed by atoms with E-state index in [0.29, 0.717) is 29.3 Å². The summed E-state index contributed by atoms with van der Waals surface area (Å²) in [7, 11) is 0. The maximum Gasteiger partial charge on any atom is 0.269 e. The SMILES string of the molecule is O=C(NCCc1ccccc1)c1ccccc1NC(=O)C1COc2ccccc2O1. The summed E-state index contributed by atoms with van der Waals surface area (Å²) in [5.74, 6) is 0.526. The van der Waals surface area contributed by atoms with E-state index < -0.39 is 6.10 Å². The predicted octanol–water partition coefficient (Wildman–Crippen LogP) is 3.44. The van der Waals surface area contributed by atoms with Crippen molar-refractivity contribution in [2.45, 2.75) is 12.5 Å². The molecule has 0 spiro atoms. The van der Waals surface area contributed by atoms with Crippen molar-refractivity contribution in [2.75, 3.05) is 18.5 Å². The highest BCUT2D eigenvalue weighted by atomic mass is 16.6. The fourth-order valence-corrected chi connectivity index (χ4v) is 3.21. The fourth-order valence-electron chi connectivity index (χ4n) is 3.21. The van der Waals surface area contributed by atoms with E-state index in [1.807, 2.05) is 42.5 Å². The Morgan fingerprint density at radius 3 is 2.40 bits per heavy atom. The van der Waals surface area contributed by atoms with Crippen LogP contribution >= 0.6 is 0 Å². The van der Waals surface area contributed by atoms with Crippen molar-refractivity contribution in [3.8, 4) is 11.5 Å². The van der Waals surface area contributed by atoms with Gasteiger partial charge in [0.25, 0.3) is 11.8 Å². The van der Waals surface area contributed by atoms with Gasteiger partial charge in [-0.25, -0.2) is 0 Å². The molecule has 0 bridgehead atoms. The number of hydrogen-bond acceptors (Lipinski definition) is 4. The lowest BCUT2D eigenvalue weighted by Crippen LogP contribution is -2.40. The van der Waals surface area contributed by atoms with Gasteiger partial charge in [0.2, 0.25) is 6.10 Å². The molecule has 1 unspecified atom stereocenters. The Kier molecular flexibility index (Phi) is 5.94. The number of para-hydroxylation sites is 3. The van der Waals surface area contributed by atoms with Crippen LogP contribution in [-0.4, -0.2) is 31.1 Å². The molecule has 3 aromatic rings. The number of benzene rings is 3. The smallest absolute Gasteiger partial charge is 0.269 e. The number of anilines is 1. The van der Waals surface area contributed by atoms with Gasteiger partial charge in [-0.2, -0.15) is 0 Å². The molecule has 3 aromatic carbocycles. The van der Waals surface area contributed by atoms with E-state index in [1.165, 1.54) is 0 Å². The molecule has 2 N–H and O–H groups in total. The number of nitrogens with one attached hydrogen (secondary N) is 2. The highest BCUT2D eigenvalue weighted by Gasteiger charge is 2.28. The van der Waals surface area contributed by atoms with E-state index in [9.17, 15) is 9.59 Å². The lowest BCUT2D eigenvalue weighted by Gasteiger charge is -2.25. The normalized spacial score (nSPS) is 14.6. The number of carbonyl (C=O) groups excluding carboxylic acids is 2. The van der Waals surface area contributed by atoms with Crippen LogP contribution in [0.4, 0.5) is 5.69 Å². The van der Waals surface area contributed by atoms with Crippen molar-refractivity contribution < 1.29 is 19.1 Å². The second-order valence-electron chi connectivity index (χ2n) is 6.89. The Morgan fingerprint density at radius 1 is 0.867 bits per heavy atom. The van der Waals surface area contributed by atoms with Crippen LogP contribution in [0.5, 0.6) is 11.5 Å². The Bertz CT molecular complexity index is 1040. The molecule has 2 amide bonds. The number of fused-ring (bicyclic) bond motifs is 1. The Balaban J connectivity index is 1.38. The first-order valence-corrected chi connectivity index (χ1v) is 9.81. The van der Waals surface area contributed by atoms with Gasteiger partial charge in [0.1, 0.15) is 6.61 Å². The standard InChI is InChI=1S/C24H22N2O4/c27-23(25-15-14-17-8-2-1-3-9-17)18-10-4-5-11-19(18)26-24(28)22-16-29-20-12-6-7-13-21(20)30-22/h1-13,22H,14-16H2,(H,25,27)(H,26,28). The molecule has 1 atom stereocenters. The molecule has 0 fully saturated rings. The van der Waals surface area contributed by atoms with Gasteiger partial charge in [0.15, 0.2) is 11.5 Å². The average Bonchev–Trinajstić information content (AvgIpc) is 2.79. The minimum absolute atomic E-state index is 0.105. The van der Waals surface area contributed by atoms with Crippen LogP contribution in [-0.2, 0) is 11.2 Å². The molecule has 1 aliphatic rings. The maximum absolute atomic E-state index is 12.7. The summed E-state index contributed by atoms with van der Waals surface area (Å²) in [6, 6.07) is 24.0. The van der Waals surface area contributed by atoms with Gasteiger partial charge in [-0.1, -0.05) is 54.6 Å². The van der Waals surface area contributed by atoms with Crippen LogP contribution in [0, 0.1) is 0 Å². The van der Waals surface area contributed by atoms with Crippen LogP contribution in [0.15, 0.2) is 78.9 Å². The zero-order chi connectivity index (χ0) is 20.8. The Hall–Kier alpha value is -3.80. The summed E-state index contributed by atoms with van der Waals surface area (Å²) >= 11 is 0. The predicted molar refractivity (Wildman–Crippen MR) is 114 cm³/mol. The number of ether oxygens (including phenoxy) is 2. The maximum atomic E-state index is 12.7. The summed E-state index contributed by atoms with van der Waals surface area (Å²) in [6.07, 6.45) is -0.0672. The van der Waals surface area contributed by atoms with Crippen LogP contribution in [0.1, 0.15) is 15.9 Å². The van der Waals surface area contributed by atoms with Gasteiger partial charge in [0, 0.05) is 6.54 Å². The molecular weight excluding hydrogens is 380 g/mol. The molecule has 0 saturated carbocycles. The van der Waals surface area contributed by atoms with E-state index in [4.69, 9.17) is 9.47 Å². The minimum atomic E-state index is -0.797. The zero-order valence-corrected chi connectivity index (χ0v) is 16.3. The highest BCUT2D eigenvalue weighted by Crippen LogP contribution is 2.31. The lowest BCUT2D eigenvalue weighted by atomic mass is 10.1. The molecule has 0 aromatic heterocycles. The second-order valence-corrected chi connectivity index (χ2v) is 6.89. The van der Waals surface area contributed by atoms with Crippen molar-refractivity contribution in [3.63, 3.8) is 0 Å². The number of carbonyl (C=O) groups is 2. The molecule has 0 saturated heterocycles. The summed E-state index contributed by atoms with van der Waals surface area (Å²) in [5.41, 5.74) is 1.98. The molecule has 4 rings (SSSR count). The van der Waals surface area contributed by atoms with Gasteiger partial charge in [-0.05, 0) is 36.2 Å². The van der Waals surface area contributed by atoms with Crippen molar-refractivity contribution >= 4 is 17.5 Å². The molecular formula is C24H22N2O4. The first-order valence-electron chi connectivity index (χ1n) is 9.81. The third-order valence-electron chi connectivity index (χ3n) is 4.77. The molecule has 1 aliphatic heterocycles. The van der Waals surface area contributed by atoms with E-state index in [1.54, 1.807) is 36.4 Å². The molecule has 6 nitrogen and oxygen atoms in total. The molecule has 0 radical (unpaired) electrons. The molecule has 6 heteroatoms. The van der Waals surface area contributed by atoms with Gasteiger partial charge in [0.05, 0.1) is 11.3 Å². The molecule has 152 valence electrons. The van der Waals surface area contributed by atoms with Gasteiger partial charge < -0.3 is 20.1 Å². The van der Waals surface area contributed by atoms with Crippen LogP contribution in [0.3, 0.4) is 0 Å². The van der Waals surface area contributed by atoms with Crippen LogP contribution in [0.2, 0.25) is 0 Å². The first-order chi connectivity index (χ1) is 14.7. The van der Waals surface area contributed by atoms with Gasteiger partial charge in [-0.15, -0.1) is 0 Å². The third-order valence-corrected chi connectivity index (χ3v) is 4.77. The summed E-state index contributed by atoms with van der Waals surface area (Å²) in [5, 5.41) is 5.70. The van der Waals surface area contributed by atoms with Crippen molar-refractivity contribution in [3.05, 3.63) is 90.0 Å². The van der Waals surface area contributed by atoms with Crippen molar-refractivity contribution in [2.24, 2.45) is 0 Å². The number of amides is 2. The first kappa shape index (κ1) is 19.5. The zero-order valence-electron chi connectivity index (χ0n) is 16.3. The third kappa shape index (κ3) is 4.60. The highest BCUT2D eigenvalue weighted by molar-refractivity contribution is 6.04. The largest absolute Gasteiger partial charge is 0.485 e. The summed E-state index contributed by atoms with van der Waals surface area (Å²) < 4.78 is 11.3. The van der Waals surface area contributed by atoms with Crippen molar-refractivity contribution in [1.82, 2.24) is 5.32 Å². The van der Waals surface area contributed by atoms with Crippen molar-refractivity contribution in [1.29, 1.82) is 0 Å². The van der Waals surface area contributed by atoms with E-state index in [2.05, 4.69) is 10.6 Å². The second kappa shape index (κ2) is 9.13. The monoisotopic (exact) mass is 402 g/mol. The lowest BCUT2D eigenvalue weighted by molar-refractivity contribution is -0.125. The Labute approximate surface area is 174 Å². The number of rotatable bonds is 6. The minimum Gasteiger partial charge on any atom is -0.485 e. The van der Waals surface area contributed by atoms with Gasteiger partial charge in [-0.3, -0.25) is 9.59 Å². The molecule has 0 aliphatic carbocycles. The average molecular weight is 402 g/mol. The quantitative estimate of drug-likeness (QED) is 0.662. The van der Waals surface area contributed by atoms with E-state index in [0.717, 1.165) is 12.0 Å². The summed E-state index contributed by atoms with van der Waals surface area (Å²) in [4.78, 5) is 25.4.